The Bertz CT molecular complexity index is 131. The summed E-state index contributed by atoms with van der Waals surface area (Å²) in [5.41, 5.74) is 0.528. The van der Waals surface area contributed by atoms with Gasteiger partial charge >= 0.3 is 0 Å². The van der Waals surface area contributed by atoms with Crippen LogP contribution in [0.15, 0.2) is 0 Å². The van der Waals surface area contributed by atoms with Gasteiger partial charge in [0, 0.05) is 5.54 Å². The Morgan fingerprint density at radius 2 is 2.09 bits per heavy atom. The normalized spacial score (nSPS) is 33.5. The predicted octanol–water partition coefficient (Wildman–Crippen LogP) is 2.52. The third kappa shape index (κ3) is 1.31. The summed E-state index contributed by atoms with van der Waals surface area (Å²) in [6.07, 6.45) is 4.10. The molecule has 0 saturated carbocycles. The van der Waals surface area contributed by atoms with E-state index in [1.54, 1.807) is 0 Å². The third-order valence-electron chi connectivity index (χ3n) is 3.55. The van der Waals surface area contributed by atoms with Crippen LogP contribution >= 0.6 is 0 Å². The molecule has 0 aromatic rings. The van der Waals surface area contributed by atoms with Crippen molar-refractivity contribution in [3.8, 4) is 0 Å². The Morgan fingerprint density at radius 3 is 2.27 bits per heavy atom. The van der Waals surface area contributed by atoms with E-state index in [1.807, 2.05) is 0 Å². The molecule has 1 heterocycles. The van der Waals surface area contributed by atoms with E-state index in [4.69, 9.17) is 0 Å². The lowest BCUT2D eigenvalue weighted by Crippen LogP contribution is -2.45. The molecule has 1 unspecified atom stereocenters. The molecule has 0 aromatic heterocycles. The monoisotopic (exact) mass is 155 g/mol. The Balaban J connectivity index is 2.73. The van der Waals surface area contributed by atoms with E-state index in [-0.39, 0.29) is 0 Å². The van der Waals surface area contributed by atoms with Crippen molar-refractivity contribution in [2.75, 3.05) is 13.6 Å². The number of hydrogen-bond donors (Lipinski definition) is 0. The zero-order chi connectivity index (χ0) is 8.48. The highest BCUT2D eigenvalue weighted by Crippen LogP contribution is 2.37. The van der Waals surface area contributed by atoms with Gasteiger partial charge in [-0.05, 0) is 38.8 Å². The van der Waals surface area contributed by atoms with Crippen LogP contribution in [0.25, 0.3) is 0 Å². The summed E-state index contributed by atoms with van der Waals surface area (Å²) in [5, 5.41) is 0. The lowest BCUT2D eigenvalue weighted by Gasteiger charge is -2.39. The SMILES string of the molecule is CCC1(C(C)C)CCCN1C. The van der Waals surface area contributed by atoms with Gasteiger partial charge in [0.1, 0.15) is 0 Å². The van der Waals surface area contributed by atoms with E-state index >= 15 is 0 Å². The fourth-order valence-corrected chi connectivity index (χ4v) is 2.62. The minimum Gasteiger partial charge on any atom is -0.300 e. The molecule has 0 amide bonds. The zero-order valence-corrected chi connectivity index (χ0v) is 8.35. The molecule has 0 aliphatic carbocycles. The number of nitrogens with zero attached hydrogens (tertiary/aromatic N) is 1. The summed E-state index contributed by atoms with van der Waals surface area (Å²) >= 11 is 0. The molecule has 0 N–H and O–H groups in total. The molecule has 1 rings (SSSR count). The lowest BCUT2D eigenvalue weighted by atomic mass is 9.82. The summed E-state index contributed by atoms with van der Waals surface area (Å²) in [5.74, 6) is 0.806. The Morgan fingerprint density at radius 1 is 1.45 bits per heavy atom. The van der Waals surface area contributed by atoms with Crippen molar-refractivity contribution in [1.29, 1.82) is 0 Å². The van der Waals surface area contributed by atoms with Crippen molar-refractivity contribution in [2.24, 2.45) is 5.92 Å². The van der Waals surface area contributed by atoms with Gasteiger partial charge in [0.25, 0.3) is 0 Å². The summed E-state index contributed by atoms with van der Waals surface area (Å²) in [7, 11) is 2.27. The molecule has 0 bridgehead atoms. The van der Waals surface area contributed by atoms with Crippen molar-refractivity contribution in [3.05, 3.63) is 0 Å². The van der Waals surface area contributed by atoms with Gasteiger partial charge < -0.3 is 4.90 Å². The molecular formula is C10H21N. The Hall–Kier alpha value is -0.0400. The fourth-order valence-electron chi connectivity index (χ4n) is 2.62. The first-order valence-electron chi connectivity index (χ1n) is 4.84. The van der Waals surface area contributed by atoms with Gasteiger partial charge in [0.05, 0.1) is 0 Å². The van der Waals surface area contributed by atoms with Crippen LogP contribution < -0.4 is 0 Å². The summed E-state index contributed by atoms with van der Waals surface area (Å²) in [6.45, 7) is 8.32. The van der Waals surface area contributed by atoms with Crippen molar-refractivity contribution >= 4 is 0 Å². The van der Waals surface area contributed by atoms with Gasteiger partial charge in [-0.15, -0.1) is 0 Å². The molecule has 1 aliphatic heterocycles. The second kappa shape index (κ2) is 3.14. The van der Waals surface area contributed by atoms with Crippen LogP contribution in [-0.2, 0) is 0 Å². The third-order valence-corrected chi connectivity index (χ3v) is 3.55. The minimum absolute atomic E-state index is 0.528. The molecule has 1 saturated heterocycles. The van der Waals surface area contributed by atoms with Crippen molar-refractivity contribution in [3.63, 3.8) is 0 Å². The van der Waals surface area contributed by atoms with Crippen molar-refractivity contribution in [2.45, 2.75) is 45.6 Å². The largest absolute Gasteiger partial charge is 0.300 e. The van der Waals surface area contributed by atoms with Gasteiger partial charge in [0.15, 0.2) is 0 Å². The van der Waals surface area contributed by atoms with Gasteiger partial charge in [-0.2, -0.15) is 0 Å². The second-order valence-corrected chi connectivity index (χ2v) is 4.14. The molecule has 1 nitrogen and oxygen atoms in total. The van der Waals surface area contributed by atoms with E-state index in [2.05, 4.69) is 32.7 Å². The minimum atomic E-state index is 0.528. The van der Waals surface area contributed by atoms with E-state index in [0.29, 0.717) is 5.54 Å². The molecule has 1 aliphatic rings. The summed E-state index contributed by atoms with van der Waals surface area (Å²) in [4.78, 5) is 2.55. The van der Waals surface area contributed by atoms with E-state index < -0.39 is 0 Å². The van der Waals surface area contributed by atoms with E-state index in [9.17, 15) is 0 Å². The lowest BCUT2D eigenvalue weighted by molar-refractivity contribution is 0.110. The number of rotatable bonds is 2. The first-order valence-corrected chi connectivity index (χ1v) is 4.84. The highest BCUT2D eigenvalue weighted by Gasteiger charge is 2.39. The van der Waals surface area contributed by atoms with Crippen LogP contribution in [0.1, 0.15) is 40.0 Å². The maximum atomic E-state index is 2.55. The maximum absolute atomic E-state index is 2.55. The number of likely N-dealkylation sites (tertiary alicyclic amines) is 1. The summed E-state index contributed by atoms with van der Waals surface area (Å²) in [6, 6.07) is 0. The highest BCUT2D eigenvalue weighted by molar-refractivity contribution is 4.95. The molecule has 66 valence electrons. The molecule has 11 heavy (non-hydrogen) atoms. The zero-order valence-electron chi connectivity index (χ0n) is 8.35. The maximum Gasteiger partial charge on any atom is 0.0227 e. The van der Waals surface area contributed by atoms with Crippen molar-refractivity contribution in [1.82, 2.24) is 4.90 Å². The van der Waals surface area contributed by atoms with Gasteiger partial charge in [-0.1, -0.05) is 20.8 Å². The highest BCUT2D eigenvalue weighted by atomic mass is 15.2. The predicted molar refractivity (Wildman–Crippen MR) is 49.7 cm³/mol. The van der Waals surface area contributed by atoms with Crippen LogP contribution in [0.5, 0.6) is 0 Å². The first kappa shape index (κ1) is 9.05. The van der Waals surface area contributed by atoms with Crippen LogP contribution in [0, 0.1) is 5.92 Å². The van der Waals surface area contributed by atoms with Crippen LogP contribution in [0.4, 0.5) is 0 Å². The van der Waals surface area contributed by atoms with Crippen LogP contribution in [0.2, 0.25) is 0 Å². The van der Waals surface area contributed by atoms with Gasteiger partial charge in [-0.25, -0.2) is 0 Å². The Kier molecular flexibility index (Phi) is 2.58. The van der Waals surface area contributed by atoms with Crippen LogP contribution in [-0.4, -0.2) is 24.0 Å². The van der Waals surface area contributed by atoms with Gasteiger partial charge in [0.2, 0.25) is 0 Å². The first-order chi connectivity index (χ1) is 5.13. The summed E-state index contributed by atoms with van der Waals surface area (Å²) < 4.78 is 0. The average Bonchev–Trinajstić information content (AvgIpc) is 2.32. The van der Waals surface area contributed by atoms with E-state index in [1.165, 1.54) is 25.8 Å². The molecule has 1 atom stereocenters. The molecule has 0 spiro atoms. The van der Waals surface area contributed by atoms with E-state index in [0.717, 1.165) is 5.92 Å². The van der Waals surface area contributed by atoms with Crippen LogP contribution in [0.3, 0.4) is 0 Å². The molecule has 0 radical (unpaired) electrons. The second-order valence-electron chi connectivity index (χ2n) is 4.14. The Labute approximate surface area is 70.8 Å². The molecule has 0 aromatic carbocycles. The topological polar surface area (TPSA) is 3.24 Å². The number of hydrogen-bond acceptors (Lipinski definition) is 1. The smallest absolute Gasteiger partial charge is 0.0227 e. The fraction of sp³-hybridized carbons (Fsp3) is 1.00. The van der Waals surface area contributed by atoms with Crippen molar-refractivity contribution < 1.29 is 0 Å². The molecule has 1 heteroatoms. The quantitative estimate of drug-likeness (QED) is 0.592. The average molecular weight is 155 g/mol. The molecule has 1 fully saturated rings. The van der Waals surface area contributed by atoms with Gasteiger partial charge in [-0.3, -0.25) is 0 Å². The standard InChI is InChI=1S/C10H21N/c1-5-10(9(2)3)7-6-8-11(10)4/h9H,5-8H2,1-4H3. The molecular weight excluding hydrogens is 134 g/mol.